The van der Waals surface area contributed by atoms with Gasteiger partial charge in [0.05, 0.1) is 7.11 Å². The molecule has 0 fully saturated rings. The first-order valence-electron chi connectivity index (χ1n) is 8.00. The van der Waals surface area contributed by atoms with Gasteiger partial charge in [0.15, 0.2) is 5.96 Å². The smallest absolute Gasteiger partial charge is 0.242 e. The first kappa shape index (κ1) is 21.7. The van der Waals surface area contributed by atoms with Crippen molar-refractivity contribution in [2.75, 3.05) is 20.2 Å². The largest absolute Gasteiger partial charge is 0.497 e. The molecule has 1 aromatic heterocycles. The Bertz CT molecular complexity index is 692. The lowest BCUT2D eigenvalue weighted by Gasteiger charge is -2.07. The van der Waals surface area contributed by atoms with E-state index in [0.29, 0.717) is 13.1 Å². The SMILES string of the molecule is COc1ccc(CNC(=O)CN=C(N)NCCc2ccccn2)cc1.I. The molecular weight excluding hydrogens is 445 g/mol. The maximum atomic E-state index is 11.8. The quantitative estimate of drug-likeness (QED) is 0.309. The van der Waals surface area contributed by atoms with Crippen LogP contribution in [0.2, 0.25) is 0 Å². The minimum Gasteiger partial charge on any atom is -0.497 e. The van der Waals surface area contributed by atoms with Gasteiger partial charge < -0.3 is 21.1 Å². The van der Waals surface area contributed by atoms with Crippen LogP contribution in [0, 0.1) is 0 Å². The molecule has 7 nitrogen and oxygen atoms in total. The Labute approximate surface area is 170 Å². The molecule has 8 heteroatoms. The zero-order valence-corrected chi connectivity index (χ0v) is 17.0. The number of ether oxygens (including phenoxy) is 1. The number of carbonyl (C=O) groups excluding carboxylic acids is 1. The number of nitrogens with one attached hydrogen (secondary N) is 2. The van der Waals surface area contributed by atoms with Crippen LogP contribution < -0.4 is 21.1 Å². The second-order valence-corrected chi connectivity index (χ2v) is 5.32. The number of guanidine groups is 1. The van der Waals surface area contributed by atoms with Crippen LogP contribution in [0.1, 0.15) is 11.3 Å². The summed E-state index contributed by atoms with van der Waals surface area (Å²) in [7, 11) is 1.61. The standard InChI is InChI=1S/C18H23N5O2.HI/c1-25-16-7-5-14(6-8-16)12-22-17(24)13-23-18(19)21-11-9-15-4-2-3-10-20-15;/h2-8,10H,9,11-13H2,1H3,(H,22,24)(H3,19,21,23);1H. The van der Waals surface area contributed by atoms with Gasteiger partial charge in [-0.3, -0.25) is 9.78 Å². The van der Waals surface area contributed by atoms with Gasteiger partial charge in [-0.2, -0.15) is 0 Å². The molecule has 0 aliphatic heterocycles. The maximum absolute atomic E-state index is 11.8. The van der Waals surface area contributed by atoms with Crippen LogP contribution >= 0.6 is 24.0 Å². The van der Waals surface area contributed by atoms with E-state index in [0.717, 1.165) is 23.4 Å². The molecule has 4 N–H and O–H groups in total. The number of hydrogen-bond acceptors (Lipinski definition) is 4. The highest BCUT2D eigenvalue weighted by Crippen LogP contribution is 2.10. The normalized spacial score (nSPS) is 10.6. The molecule has 2 aromatic rings. The zero-order valence-electron chi connectivity index (χ0n) is 14.6. The average Bonchev–Trinajstić information content (AvgIpc) is 2.66. The molecule has 1 aromatic carbocycles. The molecule has 0 atom stereocenters. The lowest BCUT2D eigenvalue weighted by atomic mass is 10.2. The van der Waals surface area contributed by atoms with E-state index in [4.69, 9.17) is 10.5 Å². The number of aromatic nitrogens is 1. The summed E-state index contributed by atoms with van der Waals surface area (Å²) in [6, 6.07) is 13.3. The number of nitrogens with two attached hydrogens (primary N) is 1. The molecule has 0 aliphatic rings. The molecule has 1 heterocycles. The second-order valence-electron chi connectivity index (χ2n) is 5.32. The van der Waals surface area contributed by atoms with E-state index < -0.39 is 0 Å². The first-order valence-corrected chi connectivity index (χ1v) is 8.00. The molecule has 0 radical (unpaired) electrons. The van der Waals surface area contributed by atoms with Gasteiger partial charge in [-0.1, -0.05) is 18.2 Å². The van der Waals surface area contributed by atoms with Gasteiger partial charge in [-0.25, -0.2) is 4.99 Å². The third-order valence-corrected chi connectivity index (χ3v) is 3.46. The van der Waals surface area contributed by atoms with Crippen molar-refractivity contribution in [1.29, 1.82) is 0 Å². The highest BCUT2D eigenvalue weighted by Gasteiger charge is 2.01. The van der Waals surface area contributed by atoms with Crippen LogP contribution in [0.4, 0.5) is 0 Å². The van der Waals surface area contributed by atoms with Crippen molar-refractivity contribution in [3.63, 3.8) is 0 Å². The van der Waals surface area contributed by atoms with Crippen molar-refractivity contribution < 1.29 is 9.53 Å². The number of halogens is 1. The fourth-order valence-corrected chi connectivity index (χ4v) is 2.08. The summed E-state index contributed by atoms with van der Waals surface area (Å²) in [4.78, 5) is 20.0. The van der Waals surface area contributed by atoms with Crippen molar-refractivity contribution >= 4 is 35.8 Å². The molecule has 2 rings (SSSR count). The van der Waals surface area contributed by atoms with Gasteiger partial charge in [-0.15, -0.1) is 24.0 Å². The Kier molecular flexibility index (Phi) is 10.1. The van der Waals surface area contributed by atoms with Crippen molar-refractivity contribution in [2.45, 2.75) is 13.0 Å². The van der Waals surface area contributed by atoms with Gasteiger partial charge in [0.2, 0.25) is 5.91 Å². The number of rotatable bonds is 8. The number of pyridine rings is 1. The number of nitrogens with zero attached hydrogens (tertiary/aromatic N) is 2. The minimum atomic E-state index is -0.190. The number of aliphatic imine (C=N–C) groups is 1. The summed E-state index contributed by atoms with van der Waals surface area (Å²) in [5.74, 6) is 0.838. The van der Waals surface area contributed by atoms with Crippen LogP contribution in [0.5, 0.6) is 5.75 Å². The van der Waals surface area contributed by atoms with E-state index in [1.54, 1.807) is 13.3 Å². The van der Waals surface area contributed by atoms with E-state index in [2.05, 4.69) is 20.6 Å². The van der Waals surface area contributed by atoms with Gasteiger partial charge in [0, 0.05) is 31.4 Å². The highest BCUT2D eigenvalue weighted by atomic mass is 127. The number of benzene rings is 1. The van der Waals surface area contributed by atoms with Crippen molar-refractivity contribution in [3.05, 3.63) is 59.9 Å². The molecule has 0 saturated heterocycles. The fraction of sp³-hybridized carbons (Fsp3) is 0.278. The van der Waals surface area contributed by atoms with E-state index in [1.165, 1.54) is 0 Å². The lowest BCUT2D eigenvalue weighted by Crippen LogP contribution is -2.35. The topological polar surface area (TPSA) is 102 Å². The summed E-state index contributed by atoms with van der Waals surface area (Å²) >= 11 is 0. The number of hydrogen-bond donors (Lipinski definition) is 3. The van der Waals surface area contributed by atoms with Gasteiger partial charge in [0.1, 0.15) is 12.3 Å². The Morgan fingerprint density at radius 1 is 1.19 bits per heavy atom. The second kappa shape index (κ2) is 12.1. The molecular formula is C18H24IN5O2. The monoisotopic (exact) mass is 469 g/mol. The van der Waals surface area contributed by atoms with Crippen molar-refractivity contribution in [1.82, 2.24) is 15.6 Å². The molecule has 0 spiro atoms. The summed E-state index contributed by atoms with van der Waals surface area (Å²) in [6.45, 7) is 1.03. The van der Waals surface area contributed by atoms with E-state index in [1.807, 2.05) is 42.5 Å². The van der Waals surface area contributed by atoms with Gasteiger partial charge in [-0.05, 0) is 29.8 Å². The predicted molar refractivity (Wildman–Crippen MR) is 113 cm³/mol. The van der Waals surface area contributed by atoms with Gasteiger partial charge >= 0.3 is 0 Å². The Hall–Kier alpha value is -2.36. The third-order valence-electron chi connectivity index (χ3n) is 3.46. The molecule has 140 valence electrons. The van der Waals surface area contributed by atoms with Crippen LogP contribution in [-0.4, -0.2) is 37.1 Å². The third kappa shape index (κ3) is 8.15. The molecule has 0 aliphatic carbocycles. The van der Waals surface area contributed by atoms with Crippen LogP contribution in [0.15, 0.2) is 53.7 Å². The lowest BCUT2D eigenvalue weighted by molar-refractivity contribution is -0.119. The van der Waals surface area contributed by atoms with E-state index in [9.17, 15) is 4.79 Å². The predicted octanol–water partition coefficient (Wildman–Crippen LogP) is 1.47. The van der Waals surface area contributed by atoms with E-state index in [-0.39, 0.29) is 42.4 Å². The highest BCUT2D eigenvalue weighted by molar-refractivity contribution is 14.0. The molecule has 26 heavy (non-hydrogen) atoms. The van der Waals surface area contributed by atoms with E-state index >= 15 is 0 Å². The summed E-state index contributed by atoms with van der Waals surface area (Å²) in [5.41, 5.74) is 7.71. The summed E-state index contributed by atoms with van der Waals surface area (Å²) in [6.07, 6.45) is 2.49. The Balaban J connectivity index is 0.00000338. The summed E-state index contributed by atoms with van der Waals surface area (Å²) < 4.78 is 5.09. The van der Waals surface area contributed by atoms with Crippen molar-refractivity contribution in [2.24, 2.45) is 10.7 Å². The number of methoxy groups -OCH3 is 1. The number of carbonyl (C=O) groups is 1. The Morgan fingerprint density at radius 3 is 2.62 bits per heavy atom. The molecule has 0 saturated carbocycles. The van der Waals surface area contributed by atoms with Crippen LogP contribution in [0.25, 0.3) is 0 Å². The Morgan fingerprint density at radius 2 is 1.96 bits per heavy atom. The number of amides is 1. The van der Waals surface area contributed by atoms with Crippen LogP contribution in [-0.2, 0) is 17.8 Å². The van der Waals surface area contributed by atoms with Gasteiger partial charge in [0.25, 0.3) is 0 Å². The van der Waals surface area contributed by atoms with Crippen molar-refractivity contribution in [3.8, 4) is 5.75 Å². The first-order chi connectivity index (χ1) is 12.2. The molecule has 0 unspecified atom stereocenters. The fourth-order valence-electron chi connectivity index (χ4n) is 2.08. The minimum absolute atomic E-state index is 0. The zero-order chi connectivity index (χ0) is 17.9. The summed E-state index contributed by atoms with van der Waals surface area (Å²) in [5, 5.41) is 5.76. The average molecular weight is 469 g/mol. The van der Waals surface area contributed by atoms with Crippen LogP contribution in [0.3, 0.4) is 0 Å². The maximum Gasteiger partial charge on any atom is 0.242 e. The molecule has 0 bridgehead atoms. The molecule has 1 amide bonds.